The van der Waals surface area contributed by atoms with Gasteiger partial charge in [0.1, 0.15) is 12.3 Å². The summed E-state index contributed by atoms with van der Waals surface area (Å²) in [5, 5.41) is 7.27. The first-order chi connectivity index (χ1) is 14.6. The second-order valence-corrected chi connectivity index (χ2v) is 8.09. The minimum Gasteiger partial charge on any atom is -0.467 e. The zero-order valence-electron chi connectivity index (χ0n) is 17.5. The summed E-state index contributed by atoms with van der Waals surface area (Å²) in [5.41, 5.74) is 0. The third-order valence-electron chi connectivity index (χ3n) is 5.91. The number of likely N-dealkylation sites (tertiary alicyclic amines) is 1. The standard InChI is InChI=1S/C21H30N6O3/c1-24-11-13-25(14-12-24)20(28)16-26-10-8-19(23-26)22-21(29)27-9-4-2-3-6-17(27)18-7-5-15-30-18/h5,7-8,10,15,17H,2-4,6,9,11-14,16H2,1H3,(H,22,23,29). The van der Waals surface area contributed by atoms with Gasteiger partial charge in [0.15, 0.2) is 5.82 Å². The van der Waals surface area contributed by atoms with Crippen molar-refractivity contribution in [3.8, 4) is 0 Å². The maximum Gasteiger partial charge on any atom is 0.323 e. The molecule has 2 aromatic heterocycles. The zero-order chi connectivity index (χ0) is 20.9. The summed E-state index contributed by atoms with van der Waals surface area (Å²) >= 11 is 0. The van der Waals surface area contributed by atoms with Crippen LogP contribution in [0, 0.1) is 0 Å². The van der Waals surface area contributed by atoms with E-state index in [0.717, 1.165) is 57.6 Å². The minimum atomic E-state index is -0.186. The van der Waals surface area contributed by atoms with E-state index in [-0.39, 0.29) is 24.5 Å². The van der Waals surface area contributed by atoms with E-state index in [1.165, 1.54) is 0 Å². The van der Waals surface area contributed by atoms with Gasteiger partial charge >= 0.3 is 6.03 Å². The van der Waals surface area contributed by atoms with Crippen LogP contribution in [-0.4, -0.2) is 76.2 Å². The fourth-order valence-corrected chi connectivity index (χ4v) is 4.12. The van der Waals surface area contributed by atoms with Crippen LogP contribution >= 0.6 is 0 Å². The highest BCUT2D eigenvalue weighted by Gasteiger charge is 2.29. The topological polar surface area (TPSA) is 86.9 Å². The number of anilines is 1. The number of carbonyl (C=O) groups excluding carboxylic acids is 2. The summed E-state index contributed by atoms with van der Waals surface area (Å²) in [4.78, 5) is 31.4. The van der Waals surface area contributed by atoms with Crippen LogP contribution in [0.5, 0.6) is 0 Å². The largest absolute Gasteiger partial charge is 0.467 e. The fraction of sp³-hybridized carbons (Fsp3) is 0.571. The predicted molar refractivity (Wildman–Crippen MR) is 112 cm³/mol. The second kappa shape index (κ2) is 9.34. The van der Waals surface area contributed by atoms with Crippen molar-refractivity contribution in [2.75, 3.05) is 45.1 Å². The fourth-order valence-electron chi connectivity index (χ4n) is 4.12. The third kappa shape index (κ3) is 4.84. The molecule has 9 nitrogen and oxygen atoms in total. The zero-order valence-corrected chi connectivity index (χ0v) is 17.5. The van der Waals surface area contributed by atoms with Crippen molar-refractivity contribution in [1.29, 1.82) is 0 Å². The first-order valence-corrected chi connectivity index (χ1v) is 10.7. The number of aromatic nitrogens is 2. The molecule has 0 spiro atoms. The lowest BCUT2D eigenvalue weighted by Crippen LogP contribution is -2.48. The second-order valence-electron chi connectivity index (χ2n) is 8.09. The van der Waals surface area contributed by atoms with Crippen LogP contribution < -0.4 is 5.32 Å². The summed E-state index contributed by atoms with van der Waals surface area (Å²) in [6.45, 7) is 4.11. The monoisotopic (exact) mass is 414 g/mol. The molecular weight excluding hydrogens is 384 g/mol. The number of urea groups is 1. The van der Waals surface area contributed by atoms with Gasteiger partial charge in [-0.1, -0.05) is 12.8 Å². The Hall–Kier alpha value is -2.81. The Bertz CT molecular complexity index is 841. The van der Waals surface area contributed by atoms with Crippen LogP contribution in [0.3, 0.4) is 0 Å². The highest BCUT2D eigenvalue weighted by atomic mass is 16.3. The highest BCUT2D eigenvalue weighted by Crippen LogP contribution is 2.30. The van der Waals surface area contributed by atoms with E-state index < -0.39 is 0 Å². The number of hydrogen-bond acceptors (Lipinski definition) is 5. The van der Waals surface area contributed by atoms with Crippen molar-refractivity contribution in [1.82, 2.24) is 24.5 Å². The van der Waals surface area contributed by atoms with Crippen molar-refractivity contribution >= 4 is 17.8 Å². The smallest absolute Gasteiger partial charge is 0.323 e. The lowest BCUT2D eigenvalue weighted by molar-refractivity contribution is -0.133. The maximum atomic E-state index is 13.0. The van der Waals surface area contributed by atoms with Gasteiger partial charge in [0.05, 0.1) is 12.3 Å². The van der Waals surface area contributed by atoms with E-state index in [0.29, 0.717) is 12.4 Å². The minimum absolute atomic E-state index is 0.0504. The number of piperazine rings is 1. The lowest BCUT2D eigenvalue weighted by atomic mass is 10.1. The molecule has 3 amide bonds. The summed E-state index contributed by atoms with van der Waals surface area (Å²) in [7, 11) is 2.06. The number of rotatable bonds is 4. The number of carbonyl (C=O) groups is 2. The molecule has 0 aromatic carbocycles. The SMILES string of the molecule is CN1CCN(C(=O)Cn2ccc(NC(=O)N3CCCCCC3c3ccco3)n2)CC1. The van der Waals surface area contributed by atoms with Gasteiger partial charge in [0, 0.05) is 45.0 Å². The number of furan rings is 1. The highest BCUT2D eigenvalue weighted by molar-refractivity contribution is 5.88. The Morgan fingerprint density at radius 1 is 1.13 bits per heavy atom. The van der Waals surface area contributed by atoms with E-state index in [1.54, 1.807) is 23.2 Å². The summed E-state index contributed by atoms with van der Waals surface area (Å²) in [6, 6.07) is 5.26. The molecule has 0 bridgehead atoms. The number of likely N-dealkylation sites (N-methyl/N-ethyl adjacent to an activating group) is 1. The van der Waals surface area contributed by atoms with E-state index in [1.807, 2.05) is 21.9 Å². The van der Waals surface area contributed by atoms with Gasteiger partial charge < -0.3 is 19.1 Å². The average molecular weight is 415 g/mol. The maximum absolute atomic E-state index is 13.0. The van der Waals surface area contributed by atoms with E-state index in [4.69, 9.17) is 4.42 Å². The van der Waals surface area contributed by atoms with Crippen LogP contribution in [0.15, 0.2) is 35.1 Å². The van der Waals surface area contributed by atoms with Gasteiger partial charge in [-0.05, 0) is 32.0 Å². The predicted octanol–water partition coefficient (Wildman–Crippen LogP) is 2.40. The molecule has 1 unspecified atom stereocenters. The molecule has 2 fully saturated rings. The van der Waals surface area contributed by atoms with Crippen LogP contribution in [0.25, 0.3) is 0 Å². The lowest BCUT2D eigenvalue weighted by Gasteiger charge is -2.32. The molecule has 2 aromatic rings. The first kappa shape index (κ1) is 20.5. The molecule has 0 saturated carbocycles. The number of hydrogen-bond donors (Lipinski definition) is 1. The number of nitrogens with one attached hydrogen (secondary N) is 1. The molecule has 2 aliphatic heterocycles. The van der Waals surface area contributed by atoms with Crippen molar-refractivity contribution in [3.63, 3.8) is 0 Å². The molecule has 1 N–H and O–H groups in total. The van der Waals surface area contributed by atoms with Crippen molar-refractivity contribution in [2.45, 2.75) is 38.3 Å². The van der Waals surface area contributed by atoms with E-state index >= 15 is 0 Å². The van der Waals surface area contributed by atoms with Crippen LogP contribution in [0.4, 0.5) is 10.6 Å². The molecule has 1 atom stereocenters. The normalized spacial score (nSPS) is 20.8. The summed E-state index contributed by atoms with van der Waals surface area (Å²) < 4.78 is 7.17. The molecule has 4 heterocycles. The Labute approximate surface area is 176 Å². The average Bonchev–Trinajstić information content (AvgIpc) is 3.36. The Balaban J connectivity index is 1.36. The Morgan fingerprint density at radius 3 is 2.73 bits per heavy atom. The van der Waals surface area contributed by atoms with Gasteiger partial charge in [0.25, 0.3) is 0 Å². The third-order valence-corrected chi connectivity index (χ3v) is 5.91. The van der Waals surface area contributed by atoms with E-state index in [2.05, 4.69) is 22.4 Å². The van der Waals surface area contributed by atoms with Crippen molar-refractivity contribution < 1.29 is 14.0 Å². The van der Waals surface area contributed by atoms with Crippen molar-refractivity contribution in [2.24, 2.45) is 0 Å². The van der Waals surface area contributed by atoms with Gasteiger partial charge in [-0.25, -0.2) is 4.79 Å². The summed E-state index contributed by atoms with van der Waals surface area (Å²) in [6.07, 6.45) is 7.40. The number of amides is 3. The van der Waals surface area contributed by atoms with Crippen LogP contribution in [-0.2, 0) is 11.3 Å². The van der Waals surface area contributed by atoms with Gasteiger partial charge in [-0.15, -0.1) is 0 Å². The molecule has 0 aliphatic carbocycles. The quantitative estimate of drug-likeness (QED) is 0.830. The molecule has 0 radical (unpaired) electrons. The van der Waals surface area contributed by atoms with Crippen molar-refractivity contribution in [3.05, 3.63) is 36.4 Å². The molecule has 2 saturated heterocycles. The molecular formula is C21H30N6O3. The molecule has 9 heteroatoms. The van der Waals surface area contributed by atoms with Gasteiger partial charge in [-0.2, -0.15) is 5.10 Å². The number of nitrogens with zero attached hydrogens (tertiary/aromatic N) is 5. The van der Waals surface area contributed by atoms with E-state index in [9.17, 15) is 9.59 Å². The first-order valence-electron chi connectivity index (χ1n) is 10.7. The molecule has 2 aliphatic rings. The summed E-state index contributed by atoms with van der Waals surface area (Å²) in [5.74, 6) is 1.32. The molecule has 162 valence electrons. The Kier molecular flexibility index (Phi) is 6.37. The molecule has 30 heavy (non-hydrogen) atoms. The van der Waals surface area contributed by atoms with Gasteiger partial charge in [-0.3, -0.25) is 14.8 Å². The van der Waals surface area contributed by atoms with Crippen LogP contribution in [0.1, 0.15) is 37.5 Å². The molecule has 4 rings (SSSR count). The van der Waals surface area contributed by atoms with Crippen LogP contribution in [0.2, 0.25) is 0 Å². The Morgan fingerprint density at radius 2 is 1.97 bits per heavy atom. The van der Waals surface area contributed by atoms with Gasteiger partial charge in [0.2, 0.25) is 5.91 Å².